The third kappa shape index (κ3) is 3.33. The summed E-state index contributed by atoms with van der Waals surface area (Å²) in [7, 11) is 0. The molecule has 136 valence electrons. The Bertz CT molecular complexity index is 1150. The lowest BCUT2D eigenvalue weighted by Crippen LogP contribution is -2.09. The van der Waals surface area contributed by atoms with Gasteiger partial charge in [0.2, 0.25) is 0 Å². The van der Waals surface area contributed by atoms with Crippen LogP contribution in [0.5, 0.6) is 0 Å². The predicted molar refractivity (Wildman–Crippen MR) is 104 cm³/mol. The van der Waals surface area contributed by atoms with Crippen molar-refractivity contribution in [2.24, 2.45) is 0 Å². The molecule has 0 fully saturated rings. The van der Waals surface area contributed by atoms with Crippen molar-refractivity contribution in [3.05, 3.63) is 69.2 Å². The molecule has 0 radical (unpaired) electrons. The molecule has 0 aliphatic heterocycles. The molecule has 0 unspecified atom stereocenters. The summed E-state index contributed by atoms with van der Waals surface area (Å²) in [6.07, 6.45) is 0. The average molecular weight is 447 g/mol. The SMILES string of the molecule is Cc1c(C(=O)OCc2nc3c(Cl)cccc3[nH]2)nnn1-c1ccccc1Br. The van der Waals surface area contributed by atoms with Gasteiger partial charge in [0.05, 0.1) is 21.9 Å². The first-order valence-corrected chi connectivity index (χ1v) is 9.19. The van der Waals surface area contributed by atoms with Crippen LogP contribution in [-0.4, -0.2) is 30.9 Å². The number of ether oxygens (including phenoxy) is 1. The Morgan fingerprint density at radius 1 is 1.26 bits per heavy atom. The van der Waals surface area contributed by atoms with Crippen LogP contribution in [0.3, 0.4) is 0 Å². The van der Waals surface area contributed by atoms with Gasteiger partial charge in [0, 0.05) is 4.47 Å². The summed E-state index contributed by atoms with van der Waals surface area (Å²) in [5, 5.41) is 8.57. The van der Waals surface area contributed by atoms with Crippen LogP contribution < -0.4 is 0 Å². The molecule has 2 heterocycles. The minimum atomic E-state index is -0.572. The van der Waals surface area contributed by atoms with E-state index >= 15 is 0 Å². The molecular weight excluding hydrogens is 434 g/mol. The largest absolute Gasteiger partial charge is 0.453 e. The van der Waals surface area contributed by atoms with Gasteiger partial charge in [-0.15, -0.1) is 5.10 Å². The Morgan fingerprint density at radius 3 is 2.85 bits per heavy atom. The predicted octanol–water partition coefficient (Wildman–Crippen LogP) is 4.22. The lowest BCUT2D eigenvalue weighted by atomic mass is 10.3. The Hall–Kier alpha value is -2.71. The number of aromatic amines is 1. The Labute approximate surface area is 167 Å². The maximum absolute atomic E-state index is 12.4. The second-order valence-corrected chi connectivity index (χ2v) is 7.04. The van der Waals surface area contributed by atoms with E-state index in [0.717, 1.165) is 15.7 Å². The van der Waals surface area contributed by atoms with E-state index in [4.69, 9.17) is 16.3 Å². The highest BCUT2D eigenvalue weighted by Crippen LogP contribution is 2.23. The number of halogens is 2. The minimum absolute atomic E-state index is 0.0226. The summed E-state index contributed by atoms with van der Waals surface area (Å²) in [4.78, 5) is 19.9. The zero-order chi connectivity index (χ0) is 19.0. The van der Waals surface area contributed by atoms with Crippen molar-refractivity contribution < 1.29 is 9.53 Å². The van der Waals surface area contributed by atoms with Gasteiger partial charge in [-0.2, -0.15) is 0 Å². The van der Waals surface area contributed by atoms with Gasteiger partial charge in [0.25, 0.3) is 0 Å². The summed E-state index contributed by atoms with van der Waals surface area (Å²) in [5.74, 6) is -0.0698. The van der Waals surface area contributed by atoms with Gasteiger partial charge in [-0.25, -0.2) is 14.5 Å². The van der Waals surface area contributed by atoms with Crippen molar-refractivity contribution in [1.82, 2.24) is 25.0 Å². The van der Waals surface area contributed by atoms with Gasteiger partial charge in [0.1, 0.15) is 17.9 Å². The molecule has 0 bridgehead atoms. The lowest BCUT2D eigenvalue weighted by Gasteiger charge is -2.05. The number of carbonyl (C=O) groups is 1. The van der Waals surface area contributed by atoms with Crippen LogP contribution in [0.1, 0.15) is 22.0 Å². The number of hydrogen-bond acceptors (Lipinski definition) is 5. The van der Waals surface area contributed by atoms with Crippen LogP contribution >= 0.6 is 27.5 Å². The number of nitrogens with one attached hydrogen (secondary N) is 1. The van der Waals surface area contributed by atoms with Crippen molar-refractivity contribution in [3.63, 3.8) is 0 Å². The zero-order valence-corrected chi connectivity index (χ0v) is 16.5. The number of esters is 1. The highest BCUT2D eigenvalue weighted by atomic mass is 79.9. The van der Waals surface area contributed by atoms with E-state index in [-0.39, 0.29) is 12.3 Å². The molecule has 9 heteroatoms. The summed E-state index contributed by atoms with van der Waals surface area (Å²) >= 11 is 9.58. The molecule has 0 saturated carbocycles. The number of benzene rings is 2. The van der Waals surface area contributed by atoms with Crippen LogP contribution in [0.4, 0.5) is 0 Å². The fourth-order valence-corrected chi connectivity index (χ4v) is 3.36. The second-order valence-electron chi connectivity index (χ2n) is 5.78. The van der Waals surface area contributed by atoms with E-state index in [0.29, 0.717) is 22.1 Å². The quantitative estimate of drug-likeness (QED) is 0.474. The van der Waals surface area contributed by atoms with E-state index in [1.807, 2.05) is 36.4 Å². The topological polar surface area (TPSA) is 85.7 Å². The number of rotatable bonds is 4. The van der Waals surface area contributed by atoms with Crippen LogP contribution in [0, 0.1) is 6.92 Å². The van der Waals surface area contributed by atoms with E-state index in [1.54, 1.807) is 17.7 Å². The van der Waals surface area contributed by atoms with Crippen molar-refractivity contribution in [2.45, 2.75) is 13.5 Å². The standard InChI is InChI=1S/C18H13BrClN5O2/c1-10-16(23-24-25(10)14-8-3-2-5-11(14)19)18(26)27-9-15-21-13-7-4-6-12(20)17(13)22-15/h2-8H,9H2,1H3,(H,21,22). The van der Waals surface area contributed by atoms with Crippen molar-refractivity contribution in [3.8, 4) is 5.69 Å². The van der Waals surface area contributed by atoms with Crippen LogP contribution in [0.2, 0.25) is 5.02 Å². The maximum Gasteiger partial charge on any atom is 0.361 e. The third-order valence-electron chi connectivity index (χ3n) is 4.02. The molecular formula is C18H13BrClN5O2. The van der Waals surface area contributed by atoms with Crippen molar-refractivity contribution >= 4 is 44.5 Å². The number of para-hydroxylation sites is 2. The molecule has 0 amide bonds. The number of fused-ring (bicyclic) bond motifs is 1. The zero-order valence-electron chi connectivity index (χ0n) is 14.1. The first-order valence-electron chi connectivity index (χ1n) is 8.02. The Kier molecular flexibility index (Phi) is 4.67. The second kappa shape index (κ2) is 7.13. The highest BCUT2D eigenvalue weighted by molar-refractivity contribution is 9.10. The fourth-order valence-electron chi connectivity index (χ4n) is 2.69. The first-order chi connectivity index (χ1) is 13.0. The van der Waals surface area contributed by atoms with Crippen LogP contribution in [0.25, 0.3) is 16.7 Å². The molecule has 0 spiro atoms. The number of H-pyrrole nitrogens is 1. The maximum atomic E-state index is 12.4. The monoisotopic (exact) mass is 445 g/mol. The smallest absolute Gasteiger partial charge is 0.361 e. The molecule has 4 rings (SSSR count). The number of imidazole rings is 1. The van der Waals surface area contributed by atoms with Crippen molar-refractivity contribution in [2.75, 3.05) is 0 Å². The molecule has 2 aromatic carbocycles. The molecule has 2 aromatic heterocycles. The van der Waals surface area contributed by atoms with Gasteiger partial charge < -0.3 is 9.72 Å². The minimum Gasteiger partial charge on any atom is -0.453 e. The molecule has 0 saturated heterocycles. The molecule has 0 aliphatic rings. The van der Waals surface area contributed by atoms with Gasteiger partial charge in [-0.3, -0.25) is 0 Å². The molecule has 0 atom stereocenters. The third-order valence-corrected chi connectivity index (χ3v) is 5.00. The highest BCUT2D eigenvalue weighted by Gasteiger charge is 2.20. The molecule has 0 aliphatic carbocycles. The number of carbonyl (C=O) groups excluding carboxylic acids is 1. The van der Waals surface area contributed by atoms with E-state index in [1.165, 1.54) is 0 Å². The van der Waals surface area contributed by atoms with Gasteiger partial charge >= 0.3 is 5.97 Å². The molecule has 1 N–H and O–H groups in total. The fraction of sp³-hybridized carbons (Fsp3) is 0.111. The first kappa shape index (κ1) is 17.7. The van der Waals surface area contributed by atoms with Crippen molar-refractivity contribution in [1.29, 1.82) is 0 Å². The number of aromatic nitrogens is 5. The number of nitrogens with zero attached hydrogens (tertiary/aromatic N) is 4. The summed E-state index contributed by atoms with van der Waals surface area (Å²) in [6, 6.07) is 13.0. The Morgan fingerprint density at radius 2 is 2.07 bits per heavy atom. The van der Waals surface area contributed by atoms with Crippen LogP contribution in [0.15, 0.2) is 46.9 Å². The molecule has 27 heavy (non-hydrogen) atoms. The summed E-state index contributed by atoms with van der Waals surface area (Å²) < 4.78 is 7.77. The van der Waals surface area contributed by atoms with Gasteiger partial charge in [-0.1, -0.05) is 35.0 Å². The average Bonchev–Trinajstić information content (AvgIpc) is 3.25. The normalized spacial score (nSPS) is 11.1. The van der Waals surface area contributed by atoms with Crippen LogP contribution in [-0.2, 0) is 11.3 Å². The van der Waals surface area contributed by atoms with E-state index < -0.39 is 5.97 Å². The van der Waals surface area contributed by atoms with Gasteiger partial charge in [-0.05, 0) is 47.1 Å². The lowest BCUT2D eigenvalue weighted by molar-refractivity contribution is 0.0455. The van der Waals surface area contributed by atoms with E-state index in [9.17, 15) is 4.79 Å². The van der Waals surface area contributed by atoms with E-state index in [2.05, 4.69) is 36.2 Å². The van der Waals surface area contributed by atoms with Gasteiger partial charge in [0.15, 0.2) is 5.69 Å². The summed E-state index contributed by atoms with van der Waals surface area (Å²) in [5.41, 5.74) is 2.94. The molecule has 4 aromatic rings. The summed E-state index contributed by atoms with van der Waals surface area (Å²) in [6.45, 7) is 1.74. The number of hydrogen-bond donors (Lipinski definition) is 1. The Balaban J connectivity index is 1.53. The molecule has 7 nitrogen and oxygen atoms in total.